The standard InChI is InChI=1S/C22H19N3O4/c1-4-11-29-18-10-9-17(12-20(22(27)28)24-25-23)19(13-18)21(26)16-7-5-15(6-8-16)14(2)3/h1,5-10,12-14H,11H2,2-3H3,(H,27,28)/b20-12-. The van der Waals surface area contributed by atoms with Crippen LogP contribution in [-0.4, -0.2) is 23.5 Å². The Morgan fingerprint density at radius 3 is 2.52 bits per heavy atom. The average molecular weight is 389 g/mol. The molecule has 146 valence electrons. The molecule has 0 spiro atoms. The van der Waals surface area contributed by atoms with E-state index in [4.69, 9.17) is 16.7 Å². The lowest BCUT2D eigenvalue weighted by molar-refractivity contribution is -0.132. The number of nitrogens with zero attached hydrogens (tertiary/aromatic N) is 3. The quantitative estimate of drug-likeness (QED) is 0.175. The zero-order chi connectivity index (χ0) is 21.4. The number of azide groups is 1. The minimum atomic E-state index is -1.41. The number of ketones is 1. The van der Waals surface area contributed by atoms with Gasteiger partial charge in [-0.05, 0) is 40.8 Å². The van der Waals surface area contributed by atoms with E-state index in [1.54, 1.807) is 18.2 Å². The summed E-state index contributed by atoms with van der Waals surface area (Å²) < 4.78 is 5.38. The van der Waals surface area contributed by atoms with Gasteiger partial charge >= 0.3 is 5.97 Å². The van der Waals surface area contributed by atoms with Crippen molar-refractivity contribution in [3.63, 3.8) is 0 Å². The second-order valence-corrected chi connectivity index (χ2v) is 6.37. The summed E-state index contributed by atoms with van der Waals surface area (Å²) in [5.41, 5.74) is 10.0. The van der Waals surface area contributed by atoms with Gasteiger partial charge < -0.3 is 9.84 Å². The number of carboxylic acids is 1. The van der Waals surface area contributed by atoms with Crippen molar-refractivity contribution in [2.24, 2.45) is 5.11 Å². The first-order chi connectivity index (χ1) is 13.9. The SMILES string of the molecule is C#CCOc1ccc(/C=C(\N=[N+]=[N-])C(=O)O)c(C(=O)c2ccc(C(C)C)cc2)c1. The molecule has 0 atom stereocenters. The Labute approximate surface area is 168 Å². The van der Waals surface area contributed by atoms with Gasteiger partial charge in [0.1, 0.15) is 18.1 Å². The largest absolute Gasteiger partial charge is 0.481 e. The van der Waals surface area contributed by atoms with E-state index >= 15 is 0 Å². The molecular formula is C22H19N3O4. The summed E-state index contributed by atoms with van der Waals surface area (Å²) in [4.78, 5) is 26.9. The Balaban J connectivity index is 2.57. The summed E-state index contributed by atoms with van der Waals surface area (Å²) in [6.07, 6.45) is 6.34. The van der Waals surface area contributed by atoms with Crippen LogP contribution < -0.4 is 4.74 Å². The summed E-state index contributed by atoms with van der Waals surface area (Å²) in [7, 11) is 0. The molecular weight excluding hydrogens is 370 g/mol. The smallest absolute Gasteiger partial charge is 0.338 e. The van der Waals surface area contributed by atoms with E-state index in [-0.39, 0.29) is 23.5 Å². The van der Waals surface area contributed by atoms with E-state index < -0.39 is 11.7 Å². The Hall–Kier alpha value is -4.01. The lowest BCUT2D eigenvalue weighted by Gasteiger charge is -2.11. The third-order valence-electron chi connectivity index (χ3n) is 4.09. The van der Waals surface area contributed by atoms with Crippen molar-refractivity contribution >= 4 is 17.8 Å². The third-order valence-corrected chi connectivity index (χ3v) is 4.09. The van der Waals surface area contributed by atoms with Crippen LogP contribution in [0.4, 0.5) is 0 Å². The molecule has 0 bridgehead atoms. The zero-order valence-electron chi connectivity index (χ0n) is 16.0. The van der Waals surface area contributed by atoms with Gasteiger partial charge in [0.15, 0.2) is 5.78 Å². The Morgan fingerprint density at radius 2 is 1.97 bits per heavy atom. The first-order valence-corrected chi connectivity index (χ1v) is 8.72. The van der Waals surface area contributed by atoms with E-state index in [9.17, 15) is 14.7 Å². The van der Waals surface area contributed by atoms with Crippen LogP contribution in [0.1, 0.15) is 46.8 Å². The first kappa shape index (κ1) is 21.3. The molecule has 0 fully saturated rings. The molecule has 0 aliphatic carbocycles. The van der Waals surface area contributed by atoms with Crippen molar-refractivity contribution in [2.75, 3.05) is 6.61 Å². The topological polar surface area (TPSA) is 112 Å². The molecule has 0 radical (unpaired) electrons. The number of carboxylic acid groups (broad SMARTS) is 1. The number of rotatable bonds is 8. The highest BCUT2D eigenvalue weighted by molar-refractivity contribution is 6.11. The molecule has 2 rings (SSSR count). The van der Waals surface area contributed by atoms with E-state index in [1.165, 1.54) is 12.1 Å². The summed E-state index contributed by atoms with van der Waals surface area (Å²) in [6.45, 7) is 4.12. The number of aliphatic carboxylic acids is 1. The lowest BCUT2D eigenvalue weighted by atomic mass is 9.95. The number of carbonyl (C=O) groups excluding carboxylic acids is 1. The molecule has 7 nitrogen and oxygen atoms in total. The van der Waals surface area contributed by atoms with Crippen LogP contribution in [0.15, 0.2) is 53.3 Å². The highest BCUT2D eigenvalue weighted by atomic mass is 16.5. The lowest BCUT2D eigenvalue weighted by Crippen LogP contribution is -2.06. The fraction of sp³-hybridized carbons (Fsp3) is 0.182. The summed E-state index contributed by atoms with van der Waals surface area (Å²) in [5, 5.41) is 12.4. The van der Waals surface area contributed by atoms with Crippen molar-refractivity contribution < 1.29 is 19.4 Å². The molecule has 0 saturated carbocycles. The number of hydrogen-bond donors (Lipinski definition) is 1. The second kappa shape index (κ2) is 9.79. The van der Waals surface area contributed by atoms with Crippen LogP contribution in [0.2, 0.25) is 0 Å². The molecule has 0 unspecified atom stereocenters. The van der Waals surface area contributed by atoms with Gasteiger partial charge in [0.05, 0.1) is 0 Å². The molecule has 2 aromatic rings. The predicted octanol–water partition coefficient (Wildman–Crippen LogP) is 4.79. The van der Waals surface area contributed by atoms with Gasteiger partial charge in [-0.2, -0.15) is 0 Å². The predicted molar refractivity (Wildman–Crippen MR) is 109 cm³/mol. The van der Waals surface area contributed by atoms with Crippen molar-refractivity contribution in [3.8, 4) is 18.1 Å². The molecule has 0 heterocycles. The van der Waals surface area contributed by atoms with E-state index in [1.807, 2.05) is 12.1 Å². The molecule has 0 aliphatic heterocycles. The highest BCUT2D eigenvalue weighted by Crippen LogP contribution is 2.25. The molecule has 29 heavy (non-hydrogen) atoms. The zero-order valence-corrected chi connectivity index (χ0v) is 16.0. The highest BCUT2D eigenvalue weighted by Gasteiger charge is 2.16. The fourth-order valence-corrected chi connectivity index (χ4v) is 2.58. The maximum Gasteiger partial charge on any atom is 0.338 e. The van der Waals surface area contributed by atoms with Crippen LogP contribution in [0.25, 0.3) is 16.5 Å². The number of ether oxygens (including phenoxy) is 1. The average Bonchev–Trinajstić information content (AvgIpc) is 2.72. The number of hydrogen-bond acceptors (Lipinski definition) is 4. The third kappa shape index (κ3) is 5.48. The van der Waals surface area contributed by atoms with Crippen LogP contribution in [-0.2, 0) is 4.79 Å². The monoisotopic (exact) mass is 389 g/mol. The van der Waals surface area contributed by atoms with Crippen molar-refractivity contribution in [1.82, 2.24) is 0 Å². The number of benzene rings is 2. The minimum Gasteiger partial charge on any atom is -0.481 e. The van der Waals surface area contributed by atoms with E-state index in [2.05, 4.69) is 29.8 Å². The summed E-state index contributed by atoms with van der Waals surface area (Å²) >= 11 is 0. The van der Waals surface area contributed by atoms with Gasteiger partial charge in [0, 0.05) is 16.0 Å². The van der Waals surface area contributed by atoms with Crippen LogP contribution >= 0.6 is 0 Å². The van der Waals surface area contributed by atoms with Gasteiger partial charge in [0.25, 0.3) is 0 Å². The van der Waals surface area contributed by atoms with Crippen LogP contribution in [0, 0.1) is 12.3 Å². The molecule has 0 saturated heterocycles. The van der Waals surface area contributed by atoms with Gasteiger partial charge in [-0.15, -0.1) is 6.42 Å². The molecule has 0 aromatic heterocycles. The number of carbonyl (C=O) groups is 2. The summed E-state index contributed by atoms with van der Waals surface area (Å²) in [6, 6.07) is 11.7. The maximum absolute atomic E-state index is 13.1. The Morgan fingerprint density at radius 1 is 1.28 bits per heavy atom. The van der Waals surface area contributed by atoms with E-state index in [0.717, 1.165) is 11.6 Å². The van der Waals surface area contributed by atoms with Gasteiger partial charge in [-0.3, -0.25) is 4.79 Å². The van der Waals surface area contributed by atoms with Gasteiger partial charge in [-0.25, -0.2) is 4.79 Å². The van der Waals surface area contributed by atoms with Gasteiger partial charge in [0.2, 0.25) is 0 Å². The van der Waals surface area contributed by atoms with Crippen molar-refractivity contribution in [2.45, 2.75) is 19.8 Å². The molecule has 0 amide bonds. The molecule has 1 N–H and O–H groups in total. The molecule has 0 aliphatic rings. The maximum atomic E-state index is 13.1. The second-order valence-electron chi connectivity index (χ2n) is 6.37. The fourth-order valence-electron chi connectivity index (χ4n) is 2.58. The van der Waals surface area contributed by atoms with E-state index in [0.29, 0.717) is 17.2 Å². The Bertz CT molecular complexity index is 1040. The summed E-state index contributed by atoms with van der Waals surface area (Å²) in [5.74, 6) is 1.29. The molecule has 7 heteroatoms. The minimum absolute atomic E-state index is 0.0189. The van der Waals surface area contributed by atoms with Crippen LogP contribution in [0.3, 0.4) is 0 Å². The first-order valence-electron chi connectivity index (χ1n) is 8.72. The normalized spacial score (nSPS) is 10.8. The van der Waals surface area contributed by atoms with Crippen molar-refractivity contribution in [3.05, 3.63) is 80.9 Å². The Kier molecular flexibility index (Phi) is 7.19. The van der Waals surface area contributed by atoms with Crippen LogP contribution in [0.5, 0.6) is 5.75 Å². The van der Waals surface area contributed by atoms with Gasteiger partial charge in [-0.1, -0.05) is 55.2 Å². The van der Waals surface area contributed by atoms with Crippen molar-refractivity contribution in [1.29, 1.82) is 0 Å². The number of terminal acetylenes is 1. The molecule has 2 aromatic carbocycles.